The fourth-order valence-corrected chi connectivity index (χ4v) is 10.4. The van der Waals surface area contributed by atoms with Gasteiger partial charge in [-0.1, -0.05) is 214 Å². The fraction of sp³-hybridized carbons (Fsp3) is 0.0476. The summed E-state index contributed by atoms with van der Waals surface area (Å²) in [7, 11) is 0. The molecule has 0 unspecified atom stereocenters. The fourth-order valence-electron chi connectivity index (χ4n) is 10.4. The number of benzene rings is 10. The summed E-state index contributed by atoms with van der Waals surface area (Å²) in [4.78, 5) is 2.43. The lowest BCUT2D eigenvalue weighted by atomic mass is 9.82. The van der Waals surface area contributed by atoms with Crippen molar-refractivity contribution in [3.63, 3.8) is 0 Å². The summed E-state index contributed by atoms with van der Waals surface area (Å²) < 4.78 is 7.33. The van der Waals surface area contributed by atoms with E-state index in [0.717, 1.165) is 67.5 Å². The molecule has 10 aromatic carbocycles. The summed E-state index contributed by atoms with van der Waals surface area (Å²) >= 11 is 0. The van der Waals surface area contributed by atoms with Crippen LogP contribution in [0.4, 0.5) is 17.1 Å². The maximum absolute atomic E-state index is 7.33. The Morgan fingerprint density at radius 1 is 0.308 bits per heavy atom. The largest absolute Gasteiger partial charge is 0.455 e. The van der Waals surface area contributed by atoms with Crippen molar-refractivity contribution in [2.75, 3.05) is 4.90 Å². The molecule has 1 aliphatic carbocycles. The Labute approximate surface area is 381 Å². The van der Waals surface area contributed by atoms with Crippen molar-refractivity contribution in [2.24, 2.45) is 0 Å². The van der Waals surface area contributed by atoms with E-state index >= 15 is 0 Å². The molecule has 10 aromatic rings. The molecule has 0 saturated heterocycles. The van der Waals surface area contributed by atoms with Crippen LogP contribution in [0.25, 0.3) is 77.9 Å². The molecule has 0 bridgehead atoms. The molecular formula is C63H45NO. The van der Waals surface area contributed by atoms with E-state index in [2.05, 4.69) is 255 Å². The number of anilines is 3. The molecule has 0 saturated carbocycles. The summed E-state index contributed by atoms with van der Waals surface area (Å²) in [6.07, 6.45) is 0. The second kappa shape index (κ2) is 15.6. The predicted molar refractivity (Wildman–Crippen MR) is 271 cm³/mol. The van der Waals surface area contributed by atoms with Gasteiger partial charge in [-0.3, -0.25) is 0 Å². The lowest BCUT2D eigenvalue weighted by Gasteiger charge is -2.30. The first-order valence-corrected chi connectivity index (χ1v) is 22.5. The van der Waals surface area contributed by atoms with Gasteiger partial charge in [-0.15, -0.1) is 0 Å². The second-order valence-electron chi connectivity index (χ2n) is 17.6. The van der Waals surface area contributed by atoms with Gasteiger partial charge in [-0.25, -0.2) is 0 Å². The van der Waals surface area contributed by atoms with Crippen molar-refractivity contribution >= 4 is 17.1 Å². The van der Waals surface area contributed by atoms with Crippen molar-refractivity contribution in [3.05, 3.63) is 248 Å². The predicted octanol–water partition coefficient (Wildman–Crippen LogP) is 17.6. The number of nitrogens with zero attached hydrogens (tertiary/aromatic N) is 1. The van der Waals surface area contributed by atoms with Crippen LogP contribution < -0.4 is 9.64 Å². The zero-order valence-electron chi connectivity index (χ0n) is 36.4. The van der Waals surface area contributed by atoms with Crippen LogP contribution >= 0.6 is 0 Å². The molecule has 1 heterocycles. The number of para-hydroxylation sites is 3. The highest BCUT2D eigenvalue weighted by molar-refractivity contribution is 5.99. The van der Waals surface area contributed by atoms with Crippen LogP contribution in [-0.2, 0) is 5.41 Å². The standard InChI is InChI=1S/C63H45NO/c1-63(2)58-32-15-12-28-54(58)55-40-39-45(41-59(55)63)64(60-33-16-13-21-46(60)42-19-4-3-5-20-42)44-37-35-43(36-38-44)47-30-18-31-57-53-27-11-9-25-51(53)49-23-7-6-22-48(49)50-24-8-10-26-52(50)56-29-14-17-34-61(56)65-62(47)57/h3-41H,1-2H3. The highest BCUT2D eigenvalue weighted by atomic mass is 16.5. The Hall–Kier alpha value is -8.20. The van der Waals surface area contributed by atoms with Gasteiger partial charge >= 0.3 is 0 Å². The Morgan fingerprint density at radius 3 is 1.42 bits per heavy atom. The molecule has 1 aliphatic heterocycles. The zero-order valence-corrected chi connectivity index (χ0v) is 36.4. The highest BCUT2D eigenvalue weighted by Gasteiger charge is 2.36. The summed E-state index contributed by atoms with van der Waals surface area (Å²) in [5, 5.41) is 0. The van der Waals surface area contributed by atoms with E-state index in [1.807, 2.05) is 0 Å². The van der Waals surface area contributed by atoms with Crippen LogP contribution in [0, 0.1) is 0 Å². The Kier molecular flexibility index (Phi) is 9.21. The summed E-state index contributed by atoms with van der Waals surface area (Å²) in [5.41, 5.74) is 22.0. The molecular weight excluding hydrogens is 787 g/mol. The first-order valence-electron chi connectivity index (χ1n) is 22.5. The highest BCUT2D eigenvalue weighted by Crippen LogP contribution is 2.53. The third kappa shape index (κ3) is 6.40. The Bertz CT molecular complexity index is 3430. The molecule has 0 radical (unpaired) electrons. The quantitative estimate of drug-likeness (QED) is 0.171. The smallest absolute Gasteiger partial charge is 0.143 e. The molecule has 2 aliphatic rings. The average Bonchev–Trinajstić information content (AvgIpc) is 3.59. The minimum atomic E-state index is -0.140. The minimum absolute atomic E-state index is 0.140. The van der Waals surface area contributed by atoms with Gasteiger partial charge < -0.3 is 9.64 Å². The van der Waals surface area contributed by atoms with Gasteiger partial charge in [-0.05, 0) is 103 Å². The lowest BCUT2D eigenvalue weighted by Crippen LogP contribution is -2.16. The number of hydrogen-bond donors (Lipinski definition) is 0. The number of hydrogen-bond acceptors (Lipinski definition) is 2. The van der Waals surface area contributed by atoms with Gasteiger partial charge in [0, 0.05) is 39.0 Å². The summed E-state index contributed by atoms with van der Waals surface area (Å²) in [6, 6.07) is 85.7. The number of fused-ring (bicyclic) bond motifs is 12. The number of ether oxygens (including phenoxy) is 1. The van der Waals surface area contributed by atoms with E-state index in [1.165, 1.54) is 50.1 Å². The average molecular weight is 832 g/mol. The molecule has 2 heteroatoms. The van der Waals surface area contributed by atoms with Gasteiger partial charge in [0.05, 0.1) is 5.69 Å². The molecule has 65 heavy (non-hydrogen) atoms. The van der Waals surface area contributed by atoms with Crippen LogP contribution in [0.2, 0.25) is 0 Å². The number of rotatable bonds is 5. The maximum Gasteiger partial charge on any atom is 0.143 e. The molecule has 308 valence electrons. The van der Waals surface area contributed by atoms with Gasteiger partial charge in [0.2, 0.25) is 0 Å². The SMILES string of the molecule is CC1(C)c2ccccc2-c2ccc(N(c3ccc(-c4cccc5c4Oc4ccccc4-c4ccccc4-c4ccccc4-c4ccccc4-5)cc3)c3ccccc3-c3ccccc3)cc21. The van der Waals surface area contributed by atoms with Crippen molar-refractivity contribution in [1.29, 1.82) is 0 Å². The van der Waals surface area contributed by atoms with Crippen molar-refractivity contribution in [3.8, 4) is 89.4 Å². The van der Waals surface area contributed by atoms with E-state index in [1.54, 1.807) is 0 Å². The van der Waals surface area contributed by atoms with Gasteiger partial charge in [-0.2, -0.15) is 0 Å². The van der Waals surface area contributed by atoms with Crippen LogP contribution in [0.1, 0.15) is 25.0 Å². The van der Waals surface area contributed by atoms with E-state index in [0.29, 0.717) is 0 Å². The molecule has 0 atom stereocenters. The van der Waals surface area contributed by atoms with Gasteiger partial charge in [0.1, 0.15) is 11.5 Å². The van der Waals surface area contributed by atoms with Crippen LogP contribution in [0.5, 0.6) is 11.5 Å². The van der Waals surface area contributed by atoms with Gasteiger partial charge in [0.25, 0.3) is 0 Å². The van der Waals surface area contributed by atoms with E-state index in [-0.39, 0.29) is 5.41 Å². The molecule has 0 spiro atoms. The second-order valence-corrected chi connectivity index (χ2v) is 17.6. The molecule has 12 rings (SSSR count). The maximum atomic E-state index is 7.33. The minimum Gasteiger partial charge on any atom is -0.455 e. The topological polar surface area (TPSA) is 12.5 Å². The van der Waals surface area contributed by atoms with Gasteiger partial charge in [0.15, 0.2) is 0 Å². The summed E-state index contributed by atoms with van der Waals surface area (Å²) in [5.74, 6) is 1.64. The first-order chi connectivity index (χ1) is 32.0. The van der Waals surface area contributed by atoms with E-state index < -0.39 is 0 Å². The molecule has 0 amide bonds. The van der Waals surface area contributed by atoms with Crippen molar-refractivity contribution < 1.29 is 4.74 Å². The monoisotopic (exact) mass is 831 g/mol. The van der Waals surface area contributed by atoms with Crippen molar-refractivity contribution in [2.45, 2.75) is 19.3 Å². The van der Waals surface area contributed by atoms with E-state index in [9.17, 15) is 0 Å². The normalized spacial score (nSPS) is 12.7. The molecule has 0 fully saturated rings. The zero-order chi connectivity index (χ0) is 43.5. The summed E-state index contributed by atoms with van der Waals surface area (Å²) in [6.45, 7) is 4.70. The third-order valence-electron chi connectivity index (χ3n) is 13.5. The Balaban J connectivity index is 1.04. The first kappa shape index (κ1) is 38.5. The lowest BCUT2D eigenvalue weighted by molar-refractivity contribution is 0.488. The van der Waals surface area contributed by atoms with Crippen LogP contribution in [0.15, 0.2) is 237 Å². The van der Waals surface area contributed by atoms with E-state index in [4.69, 9.17) is 4.74 Å². The molecule has 2 nitrogen and oxygen atoms in total. The van der Waals surface area contributed by atoms with Crippen molar-refractivity contribution in [1.82, 2.24) is 0 Å². The molecule has 0 N–H and O–H groups in total. The van der Waals surface area contributed by atoms with Crippen LogP contribution in [0.3, 0.4) is 0 Å². The van der Waals surface area contributed by atoms with Crippen LogP contribution in [-0.4, -0.2) is 0 Å². The Morgan fingerprint density at radius 2 is 0.754 bits per heavy atom. The third-order valence-corrected chi connectivity index (χ3v) is 13.5. The molecule has 0 aromatic heterocycles.